The van der Waals surface area contributed by atoms with Gasteiger partial charge in [-0.2, -0.15) is 0 Å². The largest absolute Gasteiger partial charge is 0.329 e. The Hall–Kier alpha value is -0.930. The van der Waals surface area contributed by atoms with Crippen LogP contribution in [0.1, 0.15) is 50.1 Å². The summed E-state index contributed by atoms with van der Waals surface area (Å²) in [5.74, 6) is 0.678. The van der Waals surface area contributed by atoms with Crippen molar-refractivity contribution in [3.05, 3.63) is 35.6 Å². The summed E-state index contributed by atoms with van der Waals surface area (Å²) in [7, 11) is 0. The fourth-order valence-electron chi connectivity index (χ4n) is 4.23. The zero-order valence-corrected chi connectivity index (χ0v) is 12.1. The number of likely N-dealkylation sites (tertiary alicyclic amines) is 1. The lowest BCUT2D eigenvalue weighted by molar-refractivity contribution is 0.138. The number of benzene rings is 1. The predicted octanol–water partition coefficient (Wildman–Crippen LogP) is 3.48. The third kappa shape index (κ3) is 2.75. The Bertz CT molecular complexity index is 442. The van der Waals surface area contributed by atoms with E-state index in [9.17, 15) is 4.39 Å². The monoisotopic (exact) mass is 276 g/mol. The molecule has 1 heterocycles. The van der Waals surface area contributed by atoms with E-state index in [0.29, 0.717) is 12.6 Å². The molecule has 2 aliphatic rings. The molecule has 2 unspecified atom stereocenters. The highest BCUT2D eigenvalue weighted by atomic mass is 19.1. The molecule has 2 nitrogen and oxygen atoms in total. The van der Waals surface area contributed by atoms with Gasteiger partial charge in [-0.15, -0.1) is 0 Å². The highest BCUT2D eigenvalue weighted by Gasteiger charge is 2.36. The third-order valence-electron chi connectivity index (χ3n) is 5.14. The maximum atomic E-state index is 13.5. The van der Waals surface area contributed by atoms with Crippen molar-refractivity contribution in [1.82, 2.24) is 4.90 Å². The van der Waals surface area contributed by atoms with Gasteiger partial charge in [-0.3, -0.25) is 4.90 Å². The Balaban J connectivity index is 1.80. The van der Waals surface area contributed by atoms with Crippen molar-refractivity contribution in [3.63, 3.8) is 0 Å². The first-order valence-corrected chi connectivity index (χ1v) is 8.01. The molecule has 0 spiro atoms. The zero-order chi connectivity index (χ0) is 13.9. The van der Waals surface area contributed by atoms with Gasteiger partial charge in [-0.05, 0) is 55.8 Å². The molecule has 2 N–H and O–H groups in total. The van der Waals surface area contributed by atoms with E-state index in [1.54, 1.807) is 12.1 Å². The van der Waals surface area contributed by atoms with Crippen LogP contribution in [0.15, 0.2) is 24.3 Å². The molecule has 0 bridgehead atoms. The molecule has 1 saturated carbocycles. The quantitative estimate of drug-likeness (QED) is 0.912. The molecule has 2 fully saturated rings. The molecule has 20 heavy (non-hydrogen) atoms. The van der Waals surface area contributed by atoms with Crippen molar-refractivity contribution < 1.29 is 4.39 Å². The highest BCUT2D eigenvalue weighted by Crippen LogP contribution is 2.39. The topological polar surface area (TPSA) is 29.3 Å². The van der Waals surface area contributed by atoms with Gasteiger partial charge in [0.25, 0.3) is 0 Å². The van der Waals surface area contributed by atoms with E-state index in [-0.39, 0.29) is 11.9 Å². The molecule has 1 aliphatic carbocycles. The number of nitrogens with zero attached hydrogens (tertiary/aromatic N) is 1. The lowest BCUT2D eigenvalue weighted by Crippen LogP contribution is -2.40. The van der Waals surface area contributed by atoms with E-state index >= 15 is 0 Å². The Morgan fingerprint density at radius 2 is 2.00 bits per heavy atom. The summed E-state index contributed by atoms with van der Waals surface area (Å²) in [4.78, 5) is 2.56. The number of hydrogen-bond donors (Lipinski definition) is 1. The fraction of sp³-hybridized carbons (Fsp3) is 0.647. The van der Waals surface area contributed by atoms with Crippen LogP contribution >= 0.6 is 0 Å². The van der Waals surface area contributed by atoms with Crippen molar-refractivity contribution in [2.45, 2.75) is 50.6 Å². The Morgan fingerprint density at radius 1 is 1.20 bits per heavy atom. The fourth-order valence-corrected chi connectivity index (χ4v) is 4.23. The van der Waals surface area contributed by atoms with Crippen LogP contribution in [-0.2, 0) is 0 Å². The predicted molar refractivity (Wildman–Crippen MR) is 79.9 cm³/mol. The van der Waals surface area contributed by atoms with E-state index in [1.807, 2.05) is 6.07 Å². The van der Waals surface area contributed by atoms with E-state index in [0.717, 1.165) is 18.0 Å². The maximum absolute atomic E-state index is 13.5. The summed E-state index contributed by atoms with van der Waals surface area (Å²) in [6.07, 6.45) is 8.03. The highest BCUT2D eigenvalue weighted by molar-refractivity contribution is 5.21. The second-order valence-electron chi connectivity index (χ2n) is 6.30. The van der Waals surface area contributed by atoms with E-state index in [2.05, 4.69) is 4.90 Å². The molecule has 3 heteroatoms. The van der Waals surface area contributed by atoms with Gasteiger partial charge in [0, 0.05) is 18.6 Å². The van der Waals surface area contributed by atoms with Crippen molar-refractivity contribution in [2.75, 3.05) is 13.1 Å². The average Bonchev–Trinajstić information content (AvgIpc) is 3.10. The van der Waals surface area contributed by atoms with Crippen LogP contribution in [-0.4, -0.2) is 24.0 Å². The van der Waals surface area contributed by atoms with Crippen LogP contribution in [0.25, 0.3) is 0 Å². The molecule has 0 aromatic heterocycles. The smallest absolute Gasteiger partial charge is 0.123 e. The maximum Gasteiger partial charge on any atom is 0.123 e. The molecule has 1 saturated heterocycles. The van der Waals surface area contributed by atoms with Crippen molar-refractivity contribution in [3.8, 4) is 0 Å². The van der Waals surface area contributed by atoms with E-state index in [1.165, 1.54) is 44.6 Å². The van der Waals surface area contributed by atoms with Gasteiger partial charge in [0.1, 0.15) is 5.82 Å². The second-order valence-corrected chi connectivity index (χ2v) is 6.30. The van der Waals surface area contributed by atoms with Gasteiger partial charge in [0.05, 0.1) is 0 Å². The SMILES string of the molecule is NCC(c1cccc(F)c1)N1CCCC1C1CCCC1. The van der Waals surface area contributed by atoms with Gasteiger partial charge in [0.15, 0.2) is 0 Å². The first kappa shape index (κ1) is 14.0. The molecular weight excluding hydrogens is 251 g/mol. The molecule has 110 valence electrons. The molecule has 1 aromatic carbocycles. The average molecular weight is 276 g/mol. The lowest BCUT2D eigenvalue weighted by Gasteiger charge is -2.36. The number of nitrogens with two attached hydrogens (primary N) is 1. The molecule has 0 radical (unpaired) electrons. The van der Waals surface area contributed by atoms with Crippen LogP contribution in [0.5, 0.6) is 0 Å². The van der Waals surface area contributed by atoms with Crippen LogP contribution in [0, 0.1) is 11.7 Å². The van der Waals surface area contributed by atoms with Crippen molar-refractivity contribution in [1.29, 1.82) is 0 Å². The Morgan fingerprint density at radius 3 is 2.70 bits per heavy atom. The minimum atomic E-state index is -0.155. The molecule has 1 aliphatic heterocycles. The Kier molecular flexibility index (Phi) is 4.37. The number of halogens is 1. The van der Waals surface area contributed by atoms with Gasteiger partial charge >= 0.3 is 0 Å². The molecule has 3 rings (SSSR count). The molecular formula is C17H25FN2. The molecule has 2 atom stereocenters. The lowest BCUT2D eigenvalue weighted by atomic mass is 9.94. The molecule has 0 amide bonds. The summed E-state index contributed by atoms with van der Waals surface area (Å²) in [6, 6.07) is 7.82. The van der Waals surface area contributed by atoms with Crippen LogP contribution in [0.4, 0.5) is 4.39 Å². The van der Waals surface area contributed by atoms with Crippen LogP contribution in [0.3, 0.4) is 0 Å². The first-order chi connectivity index (χ1) is 9.79. The summed E-state index contributed by atoms with van der Waals surface area (Å²) >= 11 is 0. The van der Waals surface area contributed by atoms with Crippen LogP contribution in [0.2, 0.25) is 0 Å². The van der Waals surface area contributed by atoms with Gasteiger partial charge in [0.2, 0.25) is 0 Å². The standard InChI is InChI=1S/C17H25FN2/c18-15-8-3-7-14(11-15)17(12-19)20-10-4-9-16(20)13-5-1-2-6-13/h3,7-8,11,13,16-17H,1-2,4-6,9-10,12,19H2. The first-order valence-electron chi connectivity index (χ1n) is 8.01. The van der Waals surface area contributed by atoms with Gasteiger partial charge in [-0.1, -0.05) is 25.0 Å². The molecule has 1 aromatic rings. The minimum absolute atomic E-state index is 0.155. The van der Waals surface area contributed by atoms with Gasteiger partial charge in [-0.25, -0.2) is 4.39 Å². The third-order valence-corrected chi connectivity index (χ3v) is 5.14. The number of hydrogen-bond acceptors (Lipinski definition) is 2. The van der Waals surface area contributed by atoms with Crippen LogP contribution < -0.4 is 5.73 Å². The zero-order valence-electron chi connectivity index (χ0n) is 12.1. The number of rotatable bonds is 4. The second kappa shape index (κ2) is 6.23. The summed E-state index contributed by atoms with van der Waals surface area (Å²) in [6.45, 7) is 1.69. The van der Waals surface area contributed by atoms with Crippen molar-refractivity contribution in [2.24, 2.45) is 11.7 Å². The minimum Gasteiger partial charge on any atom is -0.329 e. The summed E-state index contributed by atoms with van der Waals surface area (Å²) in [5.41, 5.74) is 7.07. The Labute approximate surface area is 121 Å². The van der Waals surface area contributed by atoms with Crippen molar-refractivity contribution >= 4 is 0 Å². The van der Waals surface area contributed by atoms with Gasteiger partial charge < -0.3 is 5.73 Å². The summed E-state index contributed by atoms with van der Waals surface area (Å²) < 4.78 is 13.5. The van der Waals surface area contributed by atoms with E-state index in [4.69, 9.17) is 5.73 Å². The summed E-state index contributed by atoms with van der Waals surface area (Å²) in [5, 5.41) is 0. The normalized spacial score (nSPS) is 26.2. The van der Waals surface area contributed by atoms with E-state index < -0.39 is 0 Å².